The normalized spacial score (nSPS) is 28.0. The second-order valence-corrected chi connectivity index (χ2v) is 8.47. The van der Waals surface area contributed by atoms with Gasteiger partial charge < -0.3 is 5.32 Å². The molecule has 2 fully saturated rings. The van der Waals surface area contributed by atoms with Gasteiger partial charge in [-0.3, -0.25) is 4.90 Å². The average Bonchev–Trinajstić information content (AvgIpc) is 3.01. The van der Waals surface area contributed by atoms with Gasteiger partial charge in [0.1, 0.15) is 0 Å². The molecule has 2 aliphatic rings. The summed E-state index contributed by atoms with van der Waals surface area (Å²) in [5.41, 5.74) is 1.43. The third-order valence-electron chi connectivity index (χ3n) is 4.82. The first-order valence-corrected chi connectivity index (χ1v) is 9.44. The number of hydrogen-bond acceptors (Lipinski definition) is 5. The Balaban J connectivity index is 1.41. The van der Waals surface area contributed by atoms with Crippen LogP contribution in [0.15, 0.2) is 34.2 Å². The molecule has 2 atom stereocenters. The SMILES string of the molecule is Brc1nnc(NC2CC3CCC(C2)N3Cc2ccccc2)s1. The molecular weight excluding hydrogens is 360 g/mol. The minimum Gasteiger partial charge on any atom is -0.357 e. The lowest BCUT2D eigenvalue weighted by Gasteiger charge is -2.39. The van der Waals surface area contributed by atoms with Crippen molar-refractivity contribution in [1.82, 2.24) is 15.1 Å². The Labute approximate surface area is 143 Å². The third kappa shape index (κ3) is 3.05. The number of rotatable bonds is 4. The summed E-state index contributed by atoms with van der Waals surface area (Å²) in [7, 11) is 0. The van der Waals surface area contributed by atoms with Gasteiger partial charge in [-0.1, -0.05) is 41.7 Å². The van der Waals surface area contributed by atoms with E-state index in [-0.39, 0.29) is 0 Å². The van der Waals surface area contributed by atoms with E-state index in [4.69, 9.17) is 0 Å². The zero-order valence-electron chi connectivity index (χ0n) is 12.3. The van der Waals surface area contributed by atoms with Gasteiger partial charge in [0.15, 0.2) is 3.92 Å². The van der Waals surface area contributed by atoms with Crippen molar-refractivity contribution in [3.63, 3.8) is 0 Å². The predicted octanol–water partition coefficient (Wildman–Crippen LogP) is 3.91. The van der Waals surface area contributed by atoms with E-state index in [0.29, 0.717) is 18.1 Å². The third-order valence-corrected chi connectivity index (χ3v) is 6.11. The van der Waals surface area contributed by atoms with Crippen LogP contribution in [0.2, 0.25) is 0 Å². The lowest BCUT2D eigenvalue weighted by molar-refractivity contribution is 0.124. The maximum atomic E-state index is 4.16. The smallest absolute Gasteiger partial charge is 0.206 e. The lowest BCUT2D eigenvalue weighted by Crippen LogP contribution is -2.46. The summed E-state index contributed by atoms with van der Waals surface area (Å²) in [6.45, 7) is 1.09. The molecule has 0 saturated carbocycles. The number of benzene rings is 1. The van der Waals surface area contributed by atoms with Gasteiger partial charge in [0.25, 0.3) is 0 Å². The average molecular weight is 379 g/mol. The van der Waals surface area contributed by atoms with Crippen LogP contribution in [0, 0.1) is 0 Å². The van der Waals surface area contributed by atoms with Crippen molar-refractivity contribution in [1.29, 1.82) is 0 Å². The largest absolute Gasteiger partial charge is 0.357 e. The van der Waals surface area contributed by atoms with E-state index in [1.54, 1.807) is 11.3 Å². The molecule has 2 unspecified atom stereocenters. The molecule has 0 spiro atoms. The zero-order valence-corrected chi connectivity index (χ0v) is 14.7. The molecule has 116 valence electrons. The molecule has 0 amide bonds. The molecule has 2 bridgehead atoms. The van der Waals surface area contributed by atoms with E-state index in [1.165, 1.54) is 31.2 Å². The van der Waals surface area contributed by atoms with Gasteiger partial charge >= 0.3 is 0 Å². The second-order valence-electron chi connectivity index (χ2n) is 6.22. The van der Waals surface area contributed by atoms with Gasteiger partial charge in [0, 0.05) is 24.7 Å². The van der Waals surface area contributed by atoms with Crippen LogP contribution in [0.25, 0.3) is 0 Å². The fourth-order valence-electron chi connectivity index (χ4n) is 3.88. The van der Waals surface area contributed by atoms with Crippen LogP contribution in [0.3, 0.4) is 0 Å². The molecule has 2 saturated heterocycles. The van der Waals surface area contributed by atoms with Crippen LogP contribution >= 0.6 is 27.3 Å². The Bertz CT molecular complexity index is 618. The van der Waals surface area contributed by atoms with Crippen molar-refractivity contribution in [2.24, 2.45) is 0 Å². The summed E-state index contributed by atoms with van der Waals surface area (Å²) in [6.07, 6.45) is 5.08. The summed E-state index contributed by atoms with van der Waals surface area (Å²) in [5, 5.41) is 12.7. The predicted molar refractivity (Wildman–Crippen MR) is 93.0 cm³/mol. The molecule has 6 heteroatoms. The maximum absolute atomic E-state index is 4.16. The first-order valence-electron chi connectivity index (χ1n) is 7.83. The van der Waals surface area contributed by atoms with Gasteiger partial charge in [-0.05, 0) is 47.2 Å². The van der Waals surface area contributed by atoms with Crippen molar-refractivity contribution in [3.05, 3.63) is 39.8 Å². The van der Waals surface area contributed by atoms with Gasteiger partial charge in [0.2, 0.25) is 5.13 Å². The molecule has 1 N–H and O–H groups in total. The molecule has 3 heterocycles. The highest BCUT2D eigenvalue weighted by molar-refractivity contribution is 9.11. The standard InChI is InChI=1S/C16H19BrN4S/c17-15-19-20-16(22-15)18-12-8-13-6-7-14(9-12)21(13)10-11-4-2-1-3-5-11/h1-5,12-14H,6-10H2,(H,18,20). The van der Waals surface area contributed by atoms with E-state index in [0.717, 1.165) is 15.6 Å². The molecule has 2 aromatic rings. The molecule has 4 nitrogen and oxygen atoms in total. The topological polar surface area (TPSA) is 41.1 Å². The Morgan fingerprint density at radius 1 is 1.14 bits per heavy atom. The molecule has 4 rings (SSSR count). The highest BCUT2D eigenvalue weighted by atomic mass is 79.9. The Hall–Kier alpha value is -0.980. The number of nitrogens with zero attached hydrogens (tertiary/aromatic N) is 3. The van der Waals surface area contributed by atoms with E-state index in [9.17, 15) is 0 Å². The molecule has 2 aliphatic heterocycles. The Kier molecular flexibility index (Phi) is 4.15. The highest BCUT2D eigenvalue weighted by Gasteiger charge is 2.40. The number of anilines is 1. The van der Waals surface area contributed by atoms with E-state index < -0.39 is 0 Å². The summed E-state index contributed by atoms with van der Waals surface area (Å²) < 4.78 is 0.847. The zero-order chi connectivity index (χ0) is 14.9. The van der Waals surface area contributed by atoms with Crippen LogP contribution in [0.1, 0.15) is 31.2 Å². The number of nitrogens with one attached hydrogen (secondary N) is 1. The minimum absolute atomic E-state index is 0.532. The van der Waals surface area contributed by atoms with Crippen molar-refractivity contribution in [3.8, 4) is 0 Å². The first kappa shape index (κ1) is 14.6. The van der Waals surface area contributed by atoms with E-state index >= 15 is 0 Å². The highest BCUT2D eigenvalue weighted by Crippen LogP contribution is 2.38. The fraction of sp³-hybridized carbons (Fsp3) is 0.500. The first-order chi connectivity index (χ1) is 10.8. The van der Waals surface area contributed by atoms with Crippen LogP contribution < -0.4 is 5.32 Å². The number of piperidine rings is 1. The number of halogens is 1. The summed E-state index contributed by atoms with van der Waals surface area (Å²) in [6, 6.07) is 12.8. The van der Waals surface area contributed by atoms with Crippen molar-refractivity contribution >= 4 is 32.4 Å². The molecular formula is C16H19BrN4S. The minimum atomic E-state index is 0.532. The summed E-state index contributed by atoms with van der Waals surface area (Å²) >= 11 is 4.95. The van der Waals surface area contributed by atoms with Crippen LogP contribution in [0.4, 0.5) is 5.13 Å². The fourth-order valence-corrected chi connectivity index (χ4v) is 4.97. The molecule has 22 heavy (non-hydrogen) atoms. The lowest BCUT2D eigenvalue weighted by atomic mass is 9.97. The number of hydrogen-bond donors (Lipinski definition) is 1. The molecule has 0 radical (unpaired) electrons. The summed E-state index contributed by atoms with van der Waals surface area (Å²) in [4.78, 5) is 2.71. The Morgan fingerprint density at radius 3 is 2.50 bits per heavy atom. The van der Waals surface area contributed by atoms with Gasteiger partial charge in [0.05, 0.1) is 0 Å². The Morgan fingerprint density at radius 2 is 1.86 bits per heavy atom. The second kappa shape index (κ2) is 6.26. The van der Waals surface area contributed by atoms with Gasteiger partial charge in [-0.15, -0.1) is 10.2 Å². The maximum Gasteiger partial charge on any atom is 0.206 e. The quantitative estimate of drug-likeness (QED) is 0.875. The van der Waals surface area contributed by atoms with Crippen LogP contribution in [0.5, 0.6) is 0 Å². The van der Waals surface area contributed by atoms with Crippen molar-refractivity contribution in [2.45, 2.75) is 50.4 Å². The summed E-state index contributed by atoms with van der Waals surface area (Å²) in [5.74, 6) is 0. The number of aromatic nitrogens is 2. The van der Waals surface area contributed by atoms with E-state index in [2.05, 4.69) is 66.7 Å². The monoisotopic (exact) mass is 378 g/mol. The van der Waals surface area contributed by atoms with Crippen LogP contribution in [-0.2, 0) is 6.54 Å². The molecule has 1 aromatic heterocycles. The van der Waals surface area contributed by atoms with Gasteiger partial charge in [-0.25, -0.2) is 0 Å². The van der Waals surface area contributed by atoms with Crippen LogP contribution in [-0.4, -0.2) is 33.2 Å². The van der Waals surface area contributed by atoms with Crippen molar-refractivity contribution in [2.75, 3.05) is 5.32 Å². The molecule has 0 aliphatic carbocycles. The van der Waals surface area contributed by atoms with Gasteiger partial charge in [-0.2, -0.15) is 0 Å². The van der Waals surface area contributed by atoms with E-state index in [1.807, 2.05) is 0 Å². The van der Waals surface area contributed by atoms with Crippen molar-refractivity contribution < 1.29 is 0 Å². The molecule has 1 aromatic carbocycles. The number of fused-ring (bicyclic) bond motifs is 2.